The van der Waals surface area contributed by atoms with Crippen molar-refractivity contribution < 1.29 is 9.53 Å². The number of nitrogen functional groups attached to an aromatic ring is 1. The zero-order valence-corrected chi connectivity index (χ0v) is 11.3. The highest BCUT2D eigenvalue weighted by Gasteiger charge is 2.23. The SMILES string of the molecule is CCOc1cccc(N)c1C(=O)N1CCSCC1. The molecule has 0 aromatic heterocycles. The molecule has 18 heavy (non-hydrogen) atoms. The molecule has 1 heterocycles. The van der Waals surface area contributed by atoms with Gasteiger partial charge in [0, 0.05) is 30.3 Å². The van der Waals surface area contributed by atoms with Crippen LogP contribution in [0.4, 0.5) is 5.69 Å². The minimum Gasteiger partial charge on any atom is -0.493 e. The van der Waals surface area contributed by atoms with Crippen LogP contribution >= 0.6 is 11.8 Å². The molecular weight excluding hydrogens is 248 g/mol. The van der Waals surface area contributed by atoms with Gasteiger partial charge in [-0.1, -0.05) is 6.07 Å². The van der Waals surface area contributed by atoms with Gasteiger partial charge in [0.05, 0.1) is 6.61 Å². The Labute approximate surface area is 111 Å². The number of hydrogen-bond acceptors (Lipinski definition) is 4. The zero-order chi connectivity index (χ0) is 13.0. The second kappa shape index (κ2) is 6.00. The number of carbonyl (C=O) groups is 1. The van der Waals surface area contributed by atoms with Gasteiger partial charge in [-0.15, -0.1) is 0 Å². The predicted octanol–water partition coefficient (Wildman–Crippen LogP) is 1.86. The Kier molecular flexibility index (Phi) is 4.36. The lowest BCUT2D eigenvalue weighted by atomic mass is 10.1. The van der Waals surface area contributed by atoms with Gasteiger partial charge in [-0.05, 0) is 19.1 Å². The number of nitrogens with zero attached hydrogens (tertiary/aromatic N) is 1. The Morgan fingerprint density at radius 3 is 2.83 bits per heavy atom. The van der Waals surface area contributed by atoms with Gasteiger partial charge in [-0.2, -0.15) is 11.8 Å². The summed E-state index contributed by atoms with van der Waals surface area (Å²) in [7, 11) is 0. The molecule has 1 aromatic carbocycles. The standard InChI is InChI=1S/C13H18N2O2S/c1-2-17-11-5-3-4-10(14)12(11)13(16)15-6-8-18-9-7-15/h3-5H,2,6-9,14H2,1H3. The summed E-state index contributed by atoms with van der Waals surface area (Å²) in [5.41, 5.74) is 6.92. The maximum absolute atomic E-state index is 12.5. The molecule has 0 bridgehead atoms. The van der Waals surface area contributed by atoms with Crippen molar-refractivity contribution in [3.8, 4) is 5.75 Å². The number of thioether (sulfide) groups is 1. The molecule has 1 saturated heterocycles. The van der Waals surface area contributed by atoms with Crippen molar-refractivity contribution in [2.45, 2.75) is 6.92 Å². The first-order chi connectivity index (χ1) is 8.74. The van der Waals surface area contributed by atoms with E-state index in [-0.39, 0.29) is 5.91 Å². The molecule has 0 spiro atoms. The van der Waals surface area contributed by atoms with Gasteiger partial charge < -0.3 is 15.4 Å². The summed E-state index contributed by atoms with van der Waals surface area (Å²) < 4.78 is 5.50. The van der Waals surface area contributed by atoms with Crippen molar-refractivity contribution in [3.63, 3.8) is 0 Å². The lowest BCUT2D eigenvalue weighted by Gasteiger charge is -2.27. The van der Waals surface area contributed by atoms with Crippen molar-refractivity contribution >= 4 is 23.4 Å². The van der Waals surface area contributed by atoms with Crippen molar-refractivity contribution in [1.29, 1.82) is 0 Å². The first-order valence-corrected chi connectivity index (χ1v) is 7.27. The Hall–Kier alpha value is -1.36. The van der Waals surface area contributed by atoms with Gasteiger partial charge in [0.1, 0.15) is 11.3 Å². The van der Waals surface area contributed by atoms with E-state index in [1.165, 1.54) is 0 Å². The van der Waals surface area contributed by atoms with Crippen molar-refractivity contribution in [1.82, 2.24) is 4.90 Å². The molecule has 1 aliphatic rings. The summed E-state index contributed by atoms with van der Waals surface area (Å²) in [6.07, 6.45) is 0. The van der Waals surface area contributed by atoms with E-state index in [1.807, 2.05) is 29.7 Å². The monoisotopic (exact) mass is 266 g/mol. The number of benzene rings is 1. The molecule has 2 N–H and O–H groups in total. The van der Waals surface area contributed by atoms with Crippen LogP contribution in [0.25, 0.3) is 0 Å². The number of anilines is 1. The molecule has 0 radical (unpaired) electrons. The molecule has 98 valence electrons. The minimum absolute atomic E-state index is 0.0168. The molecule has 0 atom stereocenters. The molecule has 0 aliphatic carbocycles. The smallest absolute Gasteiger partial charge is 0.259 e. The van der Waals surface area contributed by atoms with E-state index in [0.29, 0.717) is 23.6 Å². The van der Waals surface area contributed by atoms with Crippen LogP contribution in [0.5, 0.6) is 5.75 Å². The minimum atomic E-state index is -0.0168. The van der Waals surface area contributed by atoms with Crippen molar-refractivity contribution in [2.24, 2.45) is 0 Å². The van der Waals surface area contributed by atoms with E-state index in [0.717, 1.165) is 24.6 Å². The molecule has 4 nitrogen and oxygen atoms in total. The highest BCUT2D eigenvalue weighted by atomic mass is 32.2. The first kappa shape index (κ1) is 13.1. The van der Waals surface area contributed by atoms with Crippen LogP contribution in [-0.4, -0.2) is 42.0 Å². The highest BCUT2D eigenvalue weighted by Crippen LogP contribution is 2.27. The fourth-order valence-electron chi connectivity index (χ4n) is 1.98. The van der Waals surface area contributed by atoms with E-state index in [1.54, 1.807) is 12.1 Å². The zero-order valence-electron chi connectivity index (χ0n) is 10.5. The maximum atomic E-state index is 12.5. The third-order valence-electron chi connectivity index (χ3n) is 2.87. The Bertz CT molecular complexity index is 431. The van der Waals surface area contributed by atoms with Gasteiger partial charge in [0.15, 0.2) is 0 Å². The van der Waals surface area contributed by atoms with E-state index in [9.17, 15) is 4.79 Å². The second-order valence-corrected chi connectivity index (χ2v) is 5.28. The number of hydrogen-bond donors (Lipinski definition) is 1. The molecule has 0 unspecified atom stereocenters. The van der Waals surface area contributed by atoms with Crippen LogP contribution < -0.4 is 10.5 Å². The predicted molar refractivity (Wildman–Crippen MR) is 75.3 cm³/mol. The molecule has 2 rings (SSSR count). The summed E-state index contributed by atoms with van der Waals surface area (Å²) in [6.45, 7) is 3.99. The average molecular weight is 266 g/mol. The van der Waals surface area contributed by atoms with E-state index < -0.39 is 0 Å². The Morgan fingerprint density at radius 1 is 1.44 bits per heavy atom. The van der Waals surface area contributed by atoms with Gasteiger partial charge in [0.25, 0.3) is 5.91 Å². The van der Waals surface area contributed by atoms with Crippen LogP contribution in [0, 0.1) is 0 Å². The van der Waals surface area contributed by atoms with Gasteiger partial charge >= 0.3 is 0 Å². The normalized spacial score (nSPS) is 15.5. The number of amides is 1. The van der Waals surface area contributed by atoms with E-state index in [4.69, 9.17) is 10.5 Å². The topological polar surface area (TPSA) is 55.6 Å². The van der Waals surface area contributed by atoms with Crippen LogP contribution in [0.2, 0.25) is 0 Å². The van der Waals surface area contributed by atoms with Crippen molar-refractivity contribution in [3.05, 3.63) is 23.8 Å². The number of ether oxygens (including phenoxy) is 1. The maximum Gasteiger partial charge on any atom is 0.259 e. The second-order valence-electron chi connectivity index (χ2n) is 4.06. The molecular formula is C13H18N2O2S. The fraction of sp³-hybridized carbons (Fsp3) is 0.462. The van der Waals surface area contributed by atoms with Crippen LogP contribution in [-0.2, 0) is 0 Å². The van der Waals surface area contributed by atoms with Gasteiger partial charge in [-0.25, -0.2) is 0 Å². The Balaban J connectivity index is 2.27. The first-order valence-electron chi connectivity index (χ1n) is 6.12. The lowest BCUT2D eigenvalue weighted by molar-refractivity contribution is 0.0769. The van der Waals surface area contributed by atoms with Gasteiger partial charge in [-0.3, -0.25) is 4.79 Å². The van der Waals surface area contributed by atoms with E-state index in [2.05, 4.69) is 0 Å². The van der Waals surface area contributed by atoms with Crippen LogP contribution in [0.15, 0.2) is 18.2 Å². The lowest BCUT2D eigenvalue weighted by Crippen LogP contribution is -2.38. The summed E-state index contributed by atoms with van der Waals surface area (Å²) in [4.78, 5) is 14.3. The fourth-order valence-corrected chi connectivity index (χ4v) is 2.88. The number of carbonyl (C=O) groups excluding carboxylic acids is 1. The van der Waals surface area contributed by atoms with E-state index >= 15 is 0 Å². The molecule has 1 amide bonds. The molecule has 1 aliphatic heterocycles. The quantitative estimate of drug-likeness (QED) is 0.848. The summed E-state index contributed by atoms with van der Waals surface area (Å²) >= 11 is 1.87. The summed E-state index contributed by atoms with van der Waals surface area (Å²) in [5.74, 6) is 2.54. The average Bonchev–Trinajstić information content (AvgIpc) is 2.40. The number of rotatable bonds is 3. The molecule has 1 aromatic rings. The highest BCUT2D eigenvalue weighted by molar-refractivity contribution is 7.99. The molecule has 5 heteroatoms. The third-order valence-corrected chi connectivity index (χ3v) is 3.81. The van der Waals surface area contributed by atoms with Crippen molar-refractivity contribution in [2.75, 3.05) is 36.9 Å². The van der Waals surface area contributed by atoms with Gasteiger partial charge in [0.2, 0.25) is 0 Å². The summed E-state index contributed by atoms with van der Waals surface area (Å²) in [5, 5.41) is 0. The molecule has 0 saturated carbocycles. The summed E-state index contributed by atoms with van der Waals surface area (Å²) in [6, 6.07) is 5.35. The molecule has 1 fully saturated rings. The van der Waals surface area contributed by atoms with Crippen LogP contribution in [0.3, 0.4) is 0 Å². The van der Waals surface area contributed by atoms with Crippen LogP contribution in [0.1, 0.15) is 17.3 Å². The largest absolute Gasteiger partial charge is 0.493 e. The third kappa shape index (κ3) is 2.72. The number of nitrogens with two attached hydrogens (primary N) is 1. The Morgan fingerprint density at radius 2 is 2.17 bits per heavy atom.